The number of rotatable bonds is 5. The molecule has 0 amide bonds. The highest BCUT2D eigenvalue weighted by atomic mass is 16.8. The SMILES string of the molecule is CC1(C)O[C@H]2[C@H](n3ccc4c(N)ncnc43)CC3(CC(CCCc4ccccn4)C3)[C@H]2O1. The number of anilines is 1. The van der Waals surface area contributed by atoms with Crippen molar-refractivity contribution in [1.82, 2.24) is 19.5 Å². The predicted molar refractivity (Wildman–Crippen MR) is 122 cm³/mol. The normalized spacial score (nSPS) is 32.9. The van der Waals surface area contributed by atoms with Crippen molar-refractivity contribution in [2.45, 2.75) is 76.4 Å². The standard InChI is InChI=1S/C25H31N5O2/c1-24(2)31-20-19(30-11-9-18-22(26)28-15-29-23(18)30)14-25(21(20)32-24)12-16(13-25)6-5-8-17-7-3-4-10-27-17/h3-4,7,9-11,15-16,19-21H,5-6,8,12-14H2,1-2H3,(H2,26,28,29)/t16?,19-,20+,21+,25?/m1/s1. The predicted octanol–water partition coefficient (Wildman–Crippen LogP) is 4.29. The molecule has 0 bridgehead atoms. The number of nitrogen functional groups attached to an aromatic ring is 1. The quantitative estimate of drug-likeness (QED) is 0.646. The molecule has 3 aliphatic rings. The Labute approximate surface area is 188 Å². The minimum atomic E-state index is -0.554. The number of aryl methyl sites for hydroxylation is 1. The fraction of sp³-hybridized carbons (Fsp3) is 0.560. The topological polar surface area (TPSA) is 88.1 Å². The highest BCUT2D eigenvalue weighted by molar-refractivity contribution is 5.86. The lowest BCUT2D eigenvalue weighted by Crippen LogP contribution is -2.46. The third-order valence-corrected chi connectivity index (χ3v) is 7.79. The van der Waals surface area contributed by atoms with E-state index in [0.29, 0.717) is 5.82 Å². The summed E-state index contributed by atoms with van der Waals surface area (Å²) in [5, 5.41) is 0.907. The Hall–Kier alpha value is -2.51. The highest BCUT2D eigenvalue weighted by Gasteiger charge is 2.65. The van der Waals surface area contributed by atoms with Gasteiger partial charge in [-0.1, -0.05) is 12.5 Å². The van der Waals surface area contributed by atoms with Gasteiger partial charge in [-0.25, -0.2) is 9.97 Å². The summed E-state index contributed by atoms with van der Waals surface area (Å²) in [5.41, 5.74) is 8.36. The number of nitrogens with two attached hydrogens (primary N) is 1. The van der Waals surface area contributed by atoms with E-state index >= 15 is 0 Å². The van der Waals surface area contributed by atoms with Gasteiger partial charge in [-0.3, -0.25) is 4.98 Å². The molecule has 3 atom stereocenters. The Morgan fingerprint density at radius 3 is 2.78 bits per heavy atom. The van der Waals surface area contributed by atoms with E-state index in [1.807, 2.05) is 32.2 Å². The summed E-state index contributed by atoms with van der Waals surface area (Å²) in [6.07, 6.45) is 12.7. The molecule has 1 saturated heterocycles. The Kier molecular flexibility index (Phi) is 4.56. The van der Waals surface area contributed by atoms with Gasteiger partial charge in [0.2, 0.25) is 0 Å². The molecule has 32 heavy (non-hydrogen) atoms. The number of aromatic nitrogens is 4. The molecule has 1 spiro atoms. The number of nitrogens with zero attached hydrogens (tertiary/aromatic N) is 4. The minimum absolute atomic E-state index is 0.0336. The second-order valence-electron chi connectivity index (χ2n) is 10.4. The summed E-state index contributed by atoms with van der Waals surface area (Å²) < 4.78 is 15.2. The molecule has 2 saturated carbocycles. The van der Waals surface area contributed by atoms with Crippen LogP contribution in [0.3, 0.4) is 0 Å². The number of hydrogen-bond acceptors (Lipinski definition) is 6. The molecule has 3 aromatic heterocycles. The molecule has 3 fully saturated rings. The van der Waals surface area contributed by atoms with Gasteiger partial charge in [0.25, 0.3) is 0 Å². The third kappa shape index (κ3) is 3.21. The Balaban J connectivity index is 1.19. The van der Waals surface area contributed by atoms with E-state index in [2.05, 4.69) is 37.8 Å². The van der Waals surface area contributed by atoms with Crippen LogP contribution < -0.4 is 5.73 Å². The van der Waals surface area contributed by atoms with Crippen molar-refractivity contribution >= 4 is 16.9 Å². The van der Waals surface area contributed by atoms with Crippen molar-refractivity contribution < 1.29 is 9.47 Å². The number of hydrogen-bond donors (Lipinski definition) is 1. The van der Waals surface area contributed by atoms with E-state index in [9.17, 15) is 0 Å². The Bertz CT molecular complexity index is 1120. The fourth-order valence-corrected chi connectivity index (χ4v) is 6.52. The van der Waals surface area contributed by atoms with Gasteiger partial charge in [-0.2, -0.15) is 0 Å². The maximum atomic E-state index is 6.51. The van der Waals surface area contributed by atoms with E-state index in [4.69, 9.17) is 15.2 Å². The van der Waals surface area contributed by atoms with E-state index in [1.165, 1.54) is 31.4 Å². The van der Waals surface area contributed by atoms with Crippen LogP contribution in [0.15, 0.2) is 43.0 Å². The van der Waals surface area contributed by atoms with E-state index in [-0.39, 0.29) is 23.7 Å². The average Bonchev–Trinajstić information content (AvgIpc) is 3.39. The van der Waals surface area contributed by atoms with Crippen LogP contribution in [0.2, 0.25) is 0 Å². The summed E-state index contributed by atoms with van der Waals surface area (Å²) in [6, 6.07) is 8.39. The van der Waals surface area contributed by atoms with Crippen LogP contribution in [0.1, 0.15) is 57.7 Å². The summed E-state index contributed by atoms with van der Waals surface area (Å²) in [4.78, 5) is 13.1. The molecule has 2 aliphatic carbocycles. The maximum Gasteiger partial charge on any atom is 0.163 e. The lowest BCUT2D eigenvalue weighted by molar-refractivity contribution is -0.182. The molecule has 2 N–H and O–H groups in total. The average molecular weight is 434 g/mol. The van der Waals surface area contributed by atoms with Crippen molar-refractivity contribution in [2.75, 3.05) is 5.73 Å². The molecular formula is C25H31N5O2. The first-order chi connectivity index (χ1) is 15.4. The van der Waals surface area contributed by atoms with Crippen LogP contribution in [-0.2, 0) is 15.9 Å². The zero-order valence-electron chi connectivity index (χ0n) is 18.8. The van der Waals surface area contributed by atoms with Crippen LogP contribution in [0.4, 0.5) is 5.82 Å². The third-order valence-electron chi connectivity index (χ3n) is 7.79. The zero-order valence-corrected chi connectivity index (χ0v) is 18.8. The first-order valence-electron chi connectivity index (χ1n) is 11.8. The monoisotopic (exact) mass is 433 g/mol. The van der Waals surface area contributed by atoms with Crippen LogP contribution in [0, 0.1) is 11.3 Å². The van der Waals surface area contributed by atoms with Gasteiger partial charge in [-0.05, 0) is 70.1 Å². The first kappa shape index (κ1) is 20.1. The van der Waals surface area contributed by atoms with Crippen LogP contribution in [-0.4, -0.2) is 37.5 Å². The van der Waals surface area contributed by atoms with Gasteiger partial charge in [-0.15, -0.1) is 0 Å². The van der Waals surface area contributed by atoms with E-state index < -0.39 is 5.79 Å². The minimum Gasteiger partial charge on any atom is -0.383 e. The molecule has 0 radical (unpaired) electrons. The molecule has 7 heteroatoms. The van der Waals surface area contributed by atoms with Gasteiger partial charge in [0.15, 0.2) is 5.79 Å². The number of ether oxygens (including phenoxy) is 2. The largest absolute Gasteiger partial charge is 0.383 e. The molecule has 4 heterocycles. The summed E-state index contributed by atoms with van der Waals surface area (Å²) in [7, 11) is 0. The fourth-order valence-electron chi connectivity index (χ4n) is 6.52. The second-order valence-corrected chi connectivity index (χ2v) is 10.4. The molecule has 0 unspecified atom stereocenters. The number of pyridine rings is 1. The summed E-state index contributed by atoms with van der Waals surface area (Å²) >= 11 is 0. The molecule has 1 aliphatic heterocycles. The summed E-state index contributed by atoms with van der Waals surface area (Å²) in [5.74, 6) is 0.727. The van der Waals surface area contributed by atoms with Crippen molar-refractivity contribution in [2.24, 2.45) is 11.3 Å². The highest BCUT2D eigenvalue weighted by Crippen LogP contribution is 2.64. The van der Waals surface area contributed by atoms with Gasteiger partial charge in [0.1, 0.15) is 23.9 Å². The van der Waals surface area contributed by atoms with E-state index in [0.717, 1.165) is 29.8 Å². The van der Waals surface area contributed by atoms with Crippen molar-refractivity contribution in [1.29, 1.82) is 0 Å². The van der Waals surface area contributed by atoms with E-state index in [1.54, 1.807) is 6.33 Å². The molecule has 168 valence electrons. The van der Waals surface area contributed by atoms with Crippen molar-refractivity contribution in [3.63, 3.8) is 0 Å². The molecule has 7 nitrogen and oxygen atoms in total. The van der Waals surface area contributed by atoms with Crippen molar-refractivity contribution in [3.8, 4) is 0 Å². The smallest absolute Gasteiger partial charge is 0.163 e. The maximum absolute atomic E-state index is 6.51. The van der Waals surface area contributed by atoms with Gasteiger partial charge < -0.3 is 19.8 Å². The molecule has 0 aromatic carbocycles. The second kappa shape index (κ2) is 7.25. The van der Waals surface area contributed by atoms with Crippen molar-refractivity contribution in [3.05, 3.63) is 48.7 Å². The van der Waals surface area contributed by atoms with Crippen LogP contribution >= 0.6 is 0 Å². The lowest BCUT2D eigenvalue weighted by atomic mass is 9.58. The zero-order chi connectivity index (χ0) is 21.9. The lowest BCUT2D eigenvalue weighted by Gasteiger charge is -2.49. The summed E-state index contributed by atoms with van der Waals surface area (Å²) in [6.45, 7) is 4.07. The molecule has 6 rings (SSSR count). The first-order valence-corrected chi connectivity index (χ1v) is 11.8. The number of fused-ring (bicyclic) bond motifs is 3. The van der Waals surface area contributed by atoms with Crippen LogP contribution in [0.5, 0.6) is 0 Å². The van der Waals surface area contributed by atoms with Crippen LogP contribution in [0.25, 0.3) is 11.0 Å². The van der Waals surface area contributed by atoms with Gasteiger partial charge >= 0.3 is 0 Å². The van der Waals surface area contributed by atoms with Gasteiger partial charge in [0.05, 0.1) is 17.5 Å². The Morgan fingerprint density at radius 2 is 1.97 bits per heavy atom. The molecular weight excluding hydrogens is 402 g/mol. The van der Waals surface area contributed by atoms with Gasteiger partial charge in [0, 0.05) is 23.5 Å². The Morgan fingerprint density at radius 1 is 1.09 bits per heavy atom. The molecule has 3 aromatic rings.